The Morgan fingerprint density at radius 2 is 1.89 bits per heavy atom. The number of fused-ring (bicyclic) bond motifs is 5. The van der Waals surface area contributed by atoms with Crippen molar-refractivity contribution in [2.45, 2.75) is 37.8 Å². The lowest BCUT2D eigenvalue weighted by Gasteiger charge is -2.30. The maximum Gasteiger partial charge on any atom is 0.252 e. The molecule has 2 aliphatic rings. The number of nitrogens with zero attached hydrogens (tertiary/aromatic N) is 1. The van der Waals surface area contributed by atoms with E-state index in [1.54, 1.807) is 7.11 Å². The van der Waals surface area contributed by atoms with E-state index >= 15 is 0 Å². The zero-order chi connectivity index (χ0) is 24.9. The van der Waals surface area contributed by atoms with Crippen LogP contribution in [-0.2, 0) is 17.6 Å². The molecule has 1 aromatic heterocycles. The average Bonchev–Trinajstić information content (AvgIpc) is 3.40. The normalized spacial score (nSPS) is 20.8. The standard InChI is InChI=1S/C30H29N3O3/c1-19-8-10-21(11-9-19)28(34)32-30(17-20-6-4-3-5-7-20)18-26-27-23(14-15-33(26)29(30)35)24-16-22(36-2)12-13-25(24)31-27/h3-13,16,26,31H,14-15,17-18H2,1-2H3,(H,32,34)/t26-,30-/m1/s1. The van der Waals surface area contributed by atoms with E-state index in [1.807, 2.05) is 78.6 Å². The molecule has 0 spiro atoms. The van der Waals surface area contributed by atoms with Gasteiger partial charge in [-0.05, 0) is 54.8 Å². The molecule has 0 aliphatic carbocycles. The Morgan fingerprint density at radius 3 is 2.64 bits per heavy atom. The number of rotatable bonds is 5. The van der Waals surface area contributed by atoms with E-state index in [-0.39, 0.29) is 17.9 Å². The molecule has 0 radical (unpaired) electrons. The topological polar surface area (TPSA) is 74.4 Å². The number of ether oxygens (including phenoxy) is 1. The first kappa shape index (κ1) is 22.4. The number of H-pyrrole nitrogens is 1. The number of amides is 2. The van der Waals surface area contributed by atoms with Gasteiger partial charge >= 0.3 is 0 Å². The fourth-order valence-electron chi connectivity index (χ4n) is 5.86. The third kappa shape index (κ3) is 3.65. The first-order chi connectivity index (χ1) is 17.5. The minimum atomic E-state index is -1.02. The number of aromatic amines is 1. The number of aryl methyl sites for hydroxylation is 1. The maximum atomic E-state index is 14.1. The molecule has 2 N–H and O–H groups in total. The second-order valence-electron chi connectivity index (χ2n) is 9.96. The van der Waals surface area contributed by atoms with Crippen molar-refractivity contribution in [3.63, 3.8) is 0 Å². The van der Waals surface area contributed by atoms with E-state index in [0.29, 0.717) is 24.9 Å². The summed E-state index contributed by atoms with van der Waals surface area (Å²) >= 11 is 0. The molecule has 182 valence electrons. The third-order valence-corrected chi connectivity index (χ3v) is 7.69. The van der Waals surface area contributed by atoms with Crippen LogP contribution in [0, 0.1) is 6.92 Å². The summed E-state index contributed by atoms with van der Waals surface area (Å²) in [6, 6.07) is 23.3. The smallest absolute Gasteiger partial charge is 0.252 e. The number of hydrogen-bond acceptors (Lipinski definition) is 3. The minimum Gasteiger partial charge on any atom is -0.497 e. The predicted molar refractivity (Wildman–Crippen MR) is 139 cm³/mol. The molecule has 36 heavy (non-hydrogen) atoms. The van der Waals surface area contributed by atoms with Crippen molar-refractivity contribution in [1.29, 1.82) is 0 Å². The van der Waals surface area contributed by atoms with Gasteiger partial charge < -0.3 is 19.9 Å². The van der Waals surface area contributed by atoms with E-state index in [2.05, 4.69) is 16.4 Å². The lowest BCUT2D eigenvalue weighted by Crippen LogP contribution is -2.55. The molecule has 2 atom stereocenters. The van der Waals surface area contributed by atoms with E-state index in [4.69, 9.17) is 4.74 Å². The van der Waals surface area contributed by atoms with Crippen LogP contribution in [0.2, 0.25) is 0 Å². The van der Waals surface area contributed by atoms with Gasteiger partial charge in [-0.1, -0.05) is 48.0 Å². The Hall–Kier alpha value is -4.06. The van der Waals surface area contributed by atoms with Gasteiger partial charge in [0.05, 0.1) is 13.2 Å². The summed E-state index contributed by atoms with van der Waals surface area (Å²) in [7, 11) is 1.67. The number of carbonyl (C=O) groups is 2. The monoisotopic (exact) mass is 479 g/mol. The molecule has 0 bridgehead atoms. The van der Waals surface area contributed by atoms with Crippen molar-refractivity contribution in [1.82, 2.24) is 15.2 Å². The summed E-state index contributed by atoms with van der Waals surface area (Å²) < 4.78 is 5.45. The Morgan fingerprint density at radius 1 is 1.11 bits per heavy atom. The highest BCUT2D eigenvalue weighted by atomic mass is 16.5. The van der Waals surface area contributed by atoms with Gasteiger partial charge in [-0.25, -0.2) is 0 Å². The molecule has 2 amide bonds. The molecule has 1 fully saturated rings. The summed E-state index contributed by atoms with van der Waals surface area (Å²) in [4.78, 5) is 33.0. The van der Waals surface area contributed by atoms with E-state index in [1.165, 1.54) is 5.56 Å². The van der Waals surface area contributed by atoms with E-state index in [9.17, 15) is 9.59 Å². The number of aromatic nitrogens is 1. The Labute approximate surface area is 210 Å². The van der Waals surface area contributed by atoms with Crippen LogP contribution in [0.1, 0.15) is 45.2 Å². The quantitative estimate of drug-likeness (QED) is 0.435. The van der Waals surface area contributed by atoms with Crippen LogP contribution >= 0.6 is 0 Å². The van der Waals surface area contributed by atoms with Crippen LogP contribution in [0.4, 0.5) is 0 Å². The number of hydrogen-bond donors (Lipinski definition) is 2. The summed E-state index contributed by atoms with van der Waals surface area (Å²) in [6.07, 6.45) is 1.72. The van der Waals surface area contributed by atoms with Crippen LogP contribution in [0.25, 0.3) is 10.9 Å². The third-order valence-electron chi connectivity index (χ3n) is 7.69. The van der Waals surface area contributed by atoms with Gasteiger partial charge in [-0.3, -0.25) is 9.59 Å². The minimum absolute atomic E-state index is 0.0151. The molecule has 0 unspecified atom stereocenters. The second kappa shape index (κ2) is 8.55. The van der Waals surface area contributed by atoms with Gasteiger partial charge in [0, 0.05) is 41.5 Å². The molecule has 3 aromatic carbocycles. The Bertz CT molecular complexity index is 1460. The van der Waals surface area contributed by atoms with Crippen LogP contribution < -0.4 is 10.1 Å². The fourth-order valence-corrected chi connectivity index (χ4v) is 5.86. The Balaban J connectivity index is 1.40. The highest BCUT2D eigenvalue weighted by molar-refractivity contribution is 6.01. The lowest BCUT2D eigenvalue weighted by molar-refractivity contribution is -0.134. The summed E-state index contributed by atoms with van der Waals surface area (Å²) in [5.74, 6) is 0.581. The number of methoxy groups -OCH3 is 1. The largest absolute Gasteiger partial charge is 0.497 e. The van der Waals surface area contributed by atoms with Crippen molar-refractivity contribution < 1.29 is 14.3 Å². The molecule has 6 rings (SSSR count). The first-order valence-electron chi connectivity index (χ1n) is 12.4. The summed E-state index contributed by atoms with van der Waals surface area (Å²) in [6.45, 7) is 2.61. The Kier molecular flexibility index (Phi) is 5.32. The van der Waals surface area contributed by atoms with Crippen molar-refractivity contribution in [2.75, 3.05) is 13.7 Å². The van der Waals surface area contributed by atoms with Crippen molar-refractivity contribution >= 4 is 22.7 Å². The second-order valence-corrected chi connectivity index (χ2v) is 9.96. The molecular formula is C30H29N3O3. The van der Waals surface area contributed by atoms with Gasteiger partial charge in [-0.15, -0.1) is 0 Å². The highest BCUT2D eigenvalue weighted by Crippen LogP contribution is 2.46. The molecular weight excluding hydrogens is 450 g/mol. The van der Waals surface area contributed by atoms with Crippen LogP contribution in [0.5, 0.6) is 5.75 Å². The zero-order valence-electron chi connectivity index (χ0n) is 20.5. The van der Waals surface area contributed by atoms with Crippen molar-refractivity contribution in [3.05, 3.63) is 101 Å². The first-order valence-corrected chi connectivity index (χ1v) is 12.4. The van der Waals surface area contributed by atoms with Crippen LogP contribution in [0.15, 0.2) is 72.8 Å². The fraction of sp³-hybridized carbons (Fsp3) is 0.267. The molecule has 4 aromatic rings. The average molecular weight is 480 g/mol. The van der Waals surface area contributed by atoms with Gasteiger partial charge in [0.15, 0.2) is 0 Å². The summed E-state index contributed by atoms with van der Waals surface area (Å²) in [5, 5.41) is 4.34. The molecule has 2 aliphatic heterocycles. The lowest BCUT2D eigenvalue weighted by atomic mass is 9.86. The van der Waals surface area contributed by atoms with E-state index < -0.39 is 5.54 Å². The SMILES string of the molecule is COc1ccc2[nH]c3c(c2c1)CCN1C(=O)[C@](Cc2ccccc2)(NC(=O)c2ccc(C)cc2)C[C@H]31. The van der Waals surface area contributed by atoms with Crippen LogP contribution in [-0.4, -0.2) is 40.9 Å². The van der Waals surface area contributed by atoms with Gasteiger partial charge in [0.1, 0.15) is 11.3 Å². The predicted octanol–water partition coefficient (Wildman–Crippen LogP) is 4.73. The highest BCUT2D eigenvalue weighted by Gasteiger charge is 2.54. The number of nitrogens with one attached hydrogen (secondary N) is 2. The van der Waals surface area contributed by atoms with Gasteiger partial charge in [-0.2, -0.15) is 0 Å². The zero-order valence-corrected chi connectivity index (χ0v) is 20.5. The number of carbonyl (C=O) groups excluding carboxylic acids is 2. The van der Waals surface area contributed by atoms with E-state index in [0.717, 1.165) is 39.9 Å². The van der Waals surface area contributed by atoms with Crippen molar-refractivity contribution in [2.24, 2.45) is 0 Å². The van der Waals surface area contributed by atoms with Crippen molar-refractivity contribution in [3.8, 4) is 5.75 Å². The molecule has 6 nitrogen and oxygen atoms in total. The summed E-state index contributed by atoms with van der Waals surface area (Å²) in [5.41, 5.74) is 4.99. The van der Waals surface area contributed by atoms with Crippen LogP contribution in [0.3, 0.4) is 0 Å². The molecule has 0 saturated carbocycles. The molecule has 6 heteroatoms. The van der Waals surface area contributed by atoms with Gasteiger partial charge in [0.25, 0.3) is 5.91 Å². The number of benzene rings is 3. The molecule has 3 heterocycles. The maximum absolute atomic E-state index is 14.1. The van der Waals surface area contributed by atoms with Gasteiger partial charge in [0.2, 0.25) is 5.91 Å². The molecule has 1 saturated heterocycles.